The average Bonchev–Trinajstić information content (AvgIpc) is 2.88. The zero-order valence-electron chi connectivity index (χ0n) is 25.0. The molecule has 37 heavy (non-hydrogen) atoms. The molecule has 0 radical (unpaired) electrons. The SMILES string of the molecule is CCCCCCCCCCCCCCCCCCCCCC(COP(O)OCCN(C)C)OC(=O)CC. The van der Waals surface area contributed by atoms with E-state index in [0.717, 1.165) is 25.8 Å². The van der Waals surface area contributed by atoms with E-state index in [1.165, 1.54) is 109 Å². The van der Waals surface area contributed by atoms with Gasteiger partial charge in [0, 0.05) is 13.0 Å². The van der Waals surface area contributed by atoms with Gasteiger partial charge in [-0.1, -0.05) is 129 Å². The zero-order valence-corrected chi connectivity index (χ0v) is 25.9. The van der Waals surface area contributed by atoms with Crippen molar-refractivity contribution >= 4 is 14.6 Å². The number of ether oxygens (including phenoxy) is 1. The number of hydrogen-bond acceptors (Lipinski definition) is 6. The van der Waals surface area contributed by atoms with Crippen molar-refractivity contribution in [3.05, 3.63) is 0 Å². The van der Waals surface area contributed by atoms with Crippen LogP contribution >= 0.6 is 8.60 Å². The molecule has 0 saturated heterocycles. The molecule has 1 N–H and O–H groups in total. The molecule has 2 atom stereocenters. The summed E-state index contributed by atoms with van der Waals surface area (Å²) in [4.78, 5) is 23.6. The molecule has 0 bridgehead atoms. The number of esters is 1. The van der Waals surface area contributed by atoms with Gasteiger partial charge in [0.15, 0.2) is 0 Å². The fourth-order valence-corrected chi connectivity index (χ4v) is 4.99. The van der Waals surface area contributed by atoms with Crippen molar-refractivity contribution in [1.82, 2.24) is 4.90 Å². The zero-order chi connectivity index (χ0) is 27.4. The number of carbonyl (C=O) groups is 1. The minimum absolute atomic E-state index is 0.189. The summed E-state index contributed by atoms with van der Waals surface area (Å²) in [5.74, 6) is -0.220. The second-order valence-electron chi connectivity index (χ2n) is 10.8. The van der Waals surface area contributed by atoms with E-state index in [0.29, 0.717) is 13.0 Å². The highest BCUT2D eigenvalue weighted by Crippen LogP contribution is 2.33. The lowest BCUT2D eigenvalue weighted by atomic mass is 10.0. The van der Waals surface area contributed by atoms with Crippen molar-refractivity contribution < 1.29 is 23.5 Å². The van der Waals surface area contributed by atoms with Gasteiger partial charge in [-0.15, -0.1) is 0 Å². The molecule has 0 fully saturated rings. The van der Waals surface area contributed by atoms with Crippen LogP contribution in [-0.4, -0.2) is 55.7 Å². The van der Waals surface area contributed by atoms with Gasteiger partial charge in [0.2, 0.25) is 0 Å². The van der Waals surface area contributed by atoms with E-state index in [9.17, 15) is 9.69 Å². The quantitative estimate of drug-likeness (QED) is 0.0573. The van der Waals surface area contributed by atoms with Crippen LogP contribution in [-0.2, 0) is 18.6 Å². The number of likely N-dealkylation sites (N-methyl/N-ethyl adjacent to an activating group) is 1. The molecule has 0 rings (SSSR count). The van der Waals surface area contributed by atoms with Crippen LogP contribution in [0.25, 0.3) is 0 Å². The molecule has 0 spiro atoms. The van der Waals surface area contributed by atoms with Crippen molar-refractivity contribution in [2.75, 3.05) is 33.9 Å². The van der Waals surface area contributed by atoms with Gasteiger partial charge in [0.25, 0.3) is 0 Å². The average molecular weight is 548 g/mol. The Hall–Kier alpha value is -0.260. The highest BCUT2D eigenvalue weighted by Gasteiger charge is 2.17. The molecule has 0 aliphatic carbocycles. The van der Waals surface area contributed by atoms with Gasteiger partial charge < -0.3 is 23.6 Å². The van der Waals surface area contributed by atoms with Gasteiger partial charge in [-0.25, -0.2) is 0 Å². The van der Waals surface area contributed by atoms with E-state index < -0.39 is 8.60 Å². The van der Waals surface area contributed by atoms with E-state index >= 15 is 0 Å². The molecule has 7 heteroatoms. The highest BCUT2D eigenvalue weighted by molar-refractivity contribution is 7.40. The Morgan fingerprint density at radius 1 is 0.703 bits per heavy atom. The van der Waals surface area contributed by atoms with Crippen LogP contribution in [0.2, 0.25) is 0 Å². The highest BCUT2D eigenvalue weighted by atomic mass is 31.2. The fraction of sp³-hybridized carbons (Fsp3) is 0.967. The molecule has 0 aromatic heterocycles. The number of hydrogen-bond donors (Lipinski definition) is 1. The summed E-state index contributed by atoms with van der Waals surface area (Å²) in [6.45, 7) is 5.40. The third kappa shape index (κ3) is 28.6. The predicted molar refractivity (Wildman–Crippen MR) is 158 cm³/mol. The standard InChI is InChI=1S/C30H62NO5P/c1-5-7-8-9-10-11-12-13-14-15-16-17-18-19-20-21-22-23-24-25-29(36-30(32)6-2)28-35-37(33)34-27-26-31(3)4/h29,33H,5-28H2,1-4H3. The lowest BCUT2D eigenvalue weighted by molar-refractivity contribution is -0.150. The van der Waals surface area contributed by atoms with Crippen molar-refractivity contribution in [3.63, 3.8) is 0 Å². The second kappa shape index (κ2) is 28.7. The molecule has 0 amide bonds. The first-order valence-electron chi connectivity index (χ1n) is 15.6. The minimum atomic E-state index is -1.93. The second-order valence-corrected chi connectivity index (χ2v) is 11.8. The Morgan fingerprint density at radius 2 is 1.14 bits per heavy atom. The maximum atomic E-state index is 11.7. The van der Waals surface area contributed by atoms with Crippen LogP contribution in [0.3, 0.4) is 0 Å². The molecule has 0 aliphatic heterocycles. The third-order valence-corrected chi connectivity index (χ3v) is 7.60. The van der Waals surface area contributed by atoms with Crippen molar-refractivity contribution in [1.29, 1.82) is 0 Å². The maximum absolute atomic E-state index is 11.7. The summed E-state index contributed by atoms with van der Waals surface area (Å²) in [6, 6.07) is 0. The largest absolute Gasteiger partial charge is 0.460 e. The number of nitrogens with zero attached hydrogens (tertiary/aromatic N) is 1. The Labute approximate surface area is 231 Å². The molecule has 0 aromatic carbocycles. The number of carbonyl (C=O) groups excluding carboxylic acids is 1. The first-order chi connectivity index (χ1) is 18.0. The van der Waals surface area contributed by atoms with E-state index in [-0.39, 0.29) is 18.7 Å². The third-order valence-electron chi connectivity index (χ3n) is 6.83. The molecule has 2 unspecified atom stereocenters. The van der Waals surface area contributed by atoms with E-state index in [4.69, 9.17) is 13.8 Å². The predicted octanol–water partition coefficient (Wildman–Crippen LogP) is 8.94. The van der Waals surface area contributed by atoms with Gasteiger partial charge in [-0.05, 0) is 26.9 Å². The molecule has 0 aliphatic rings. The summed E-state index contributed by atoms with van der Waals surface area (Å²) in [6.07, 6.45) is 26.6. The molecule has 0 saturated carbocycles. The van der Waals surface area contributed by atoms with Gasteiger partial charge in [0.1, 0.15) is 6.10 Å². The number of rotatable bonds is 29. The summed E-state index contributed by atoms with van der Waals surface area (Å²) in [5.41, 5.74) is 0. The lowest BCUT2D eigenvalue weighted by Crippen LogP contribution is -2.23. The Balaban J connectivity index is 3.60. The first-order valence-corrected chi connectivity index (χ1v) is 16.7. The fourth-order valence-electron chi connectivity index (χ4n) is 4.38. The van der Waals surface area contributed by atoms with E-state index in [1.807, 2.05) is 19.0 Å². The van der Waals surface area contributed by atoms with Crippen molar-refractivity contribution in [2.24, 2.45) is 0 Å². The summed E-state index contributed by atoms with van der Waals surface area (Å²) in [5, 5.41) is 0. The van der Waals surface area contributed by atoms with Gasteiger partial charge in [0.05, 0.1) is 13.2 Å². The van der Waals surface area contributed by atoms with Crippen molar-refractivity contribution in [2.45, 2.75) is 155 Å². The van der Waals surface area contributed by atoms with Crippen LogP contribution in [0.1, 0.15) is 149 Å². The van der Waals surface area contributed by atoms with Gasteiger partial charge >= 0.3 is 14.6 Å². The minimum Gasteiger partial charge on any atom is -0.460 e. The van der Waals surface area contributed by atoms with E-state index in [1.54, 1.807) is 6.92 Å². The molecule has 6 nitrogen and oxygen atoms in total. The Morgan fingerprint density at radius 3 is 1.54 bits per heavy atom. The number of unbranched alkanes of at least 4 members (excludes halogenated alkanes) is 18. The molecular formula is C30H62NO5P. The topological polar surface area (TPSA) is 68.2 Å². The smallest absolute Gasteiger partial charge is 0.330 e. The molecule has 0 aromatic rings. The van der Waals surface area contributed by atoms with E-state index in [2.05, 4.69) is 6.92 Å². The van der Waals surface area contributed by atoms with Crippen LogP contribution in [0.4, 0.5) is 0 Å². The molecular weight excluding hydrogens is 485 g/mol. The van der Waals surface area contributed by atoms with Gasteiger partial charge in [-0.2, -0.15) is 0 Å². The summed E-state index contributed by atoms with van der Waals surface area (Å²) in [7, 11) is 1.96. The lowest BCUT2D eigenvalue weighted by Gasteiger charge is -2.19. The molecule has 222 valence electrons. The van der Waals surface area contributed by atoms with Crippen LogP contribution in [0.5, 0.6) is 0 Å². The van der Waals surface area contributed by atoms with Crippen molar-refractivity contribution in [3.8, 4) is 0 Å². The summed E-state index contributed by atoms with van der Waals surface area (Å²) < 4.78 is 16.2. The normalized spacial score (nSPS) is 13.2. The van der Waals surface area contributed by atoms with Gasteiger partial charge in [-0.3, -0.25) is 4.79 Å². The molecule has 0 heterocycles. The first kappa shape index (κ1) is 36.7. The summed E-state index contributed by atoms with van der Waals surface area (Å²) >= 11 is 0. The Kier molecular flexibility index (Phi) is 28.5. The van der Waals surface area contributed by atoms with Crippen LogP contribution in [0, 0.1) is 0 Å². The van der Waals surface area contributed by atoms with Crippen LogP contribution in [0.15, 0.2) is 0 Å². The van der Waals surface area contributed by atoms with Crippen LogP contribution < -0.4 is 0 Å². The maximum Gasteiger partial charge on any atom is 0.330 e. The Bertz CT molecular complexity index is 481. The monoisotopic (exact) mass is 547 g/mol.